The predicted octanol–water partition coefficient (Wildman–Crippen LogP) is 5.08. The number of carbonyl (C=O) groups excluding carboxylic acids is 2. The molecule has 6 nitrogen and oxygen atoms in total. The van der Waals surface area contributed by atoms with Gasteiger partial charge in [-0.25, -0.2) is 4.79 Å². The molecular formula is C26H30ClNO5. The smallest absolute Gasteiger partial charge is 0.333 e. The van der Waals surface area contributed by atoms with Gasteiger partial charge in [0.25, 0.3) is 0 Å². The first-order valence-corrected chi connectivity index (χ1v) is 11.7. The molecule has 1 aliphatic rings. The summed E-state index contributed by atoms with van der Waals surface area (Å²) < 4.78 is 16.2. The van der Waals surface area contributed by atoms with Gasteiger partial charge < -0.3 is 19.1 Å². The van der Waals surface area contributed by atoms with Crippen LogP contribution in [0.2, 0.25) is 0 Å². The first-order valence-electron chi connectivity index (χ1n) is 11.2. The fraction of sp³-hybridized carbons (Fsp3) is 0.385. The second-order valence-corrected chi connectivity index (χ2v) is 7.97. The topological polar surface area (TPSA) is 65.1 Å². The third-order valence-corrected chi connectivity index (χ3v) is 5.67. The van der Waals surface area contributed by atoms with Gasteiger partial charge in [0.1, 0.15) is 18.2 Å². The van der Waals surface area contributed by atoms with Gasteiger partial charge in [-0.05, 0) is 59.9 Å². The van der Waals surface area contributed by atoms with Crippen LogP contribution < -0.4 is 9.64 Å². The Morgan fingerprint density at radius 2 is 1.79 bits per heavy atom. The normalized spacial score (nSPS) is 13.1. The van der Waals surface area contributed by atoms with Gasteiger partial charge in [0.05, 0.1) is 19.4 Å². The van der Waals surface area contributed by atoms with Gasteiger partial charge in [0.2, 0.25) is 5.91 Å². The van der Waals surface area contributed by atoms with Crippen LogP contribution in [0.4, 0.5) is 5.69 Å². The molecule has 176 valence electrons. The second-order valence-electron chi connectivity index (χ2n) is 7.70. The lowest BCUT2D eigenvalue weighted by molar-refractivity contribution is -0.136. The number of nitrogens with zero attached hydrogens (tertiary/aromatic N) is 1. The Bertz CT molecular complexity index is 987. The Kier molecular flexibility index (Phi) is 9.34. The van der Waals surface area contributed by atoms with E-state index < -0.39 is 5.97 Å². The standard InChI is InChI=1S/C26H30ClNO5/c1-3-4-13-32-14-15-33-23-8-5-19(6-9-23)20-7-10-24-22(16-20)17-21(26(30)31-2)11-12-28(24)25(29)18-27/h5-10,16-17H,3-4,11-15,18H2,1-2H3. The average Bonchev–Trinajstić information content (AvgIpc) is 3.05. The van der Waals surface area contributed by atoms with Crippen molar-refractivity contribution in [2.45, 2.75) is 26.2 Å². The Morgan fingerprint density at radius 3 is 2.48 bits per heavy atom. The number of halogens is 1. The van der Waals surface area contributed by atoms with E-state index in [9.17, 15) is 9.59 Å². The summed E-state index contributed by atoms with van der Waals surface area (Å²) in [5, 5.41) is 0. The van der Waals surface area contributed by atoms with E-state index in [1.165, 1.54) is 7.11 Å². The Morgan fingerprint density at radius 1 is 1.03 bits per heavy atom. The number of esters is 1. The molecule has 1 aliphatic heterocycles. The molecule has 0 N–H and O–H groups in total. The van der Waals surface area contributed by atoms with E-state index in [2.05, 4.69) is 6.92 Å². The van der Waals surface area contributed by atoms with E-state index in [1.807, 2.05) is 42.5 Å². The molecule has 0 atom stereocenters. The van der Waals surface area contributed by atoms with E-state index in [0.29, 0.717) is 31.8 Å². The van der Waals surface area contributed by atoms with Crippen molar-refractivity contribution in [2.75, 3.05) is 44.3 Å². The SMILES string of the molecule is CCCCOCCOc1ccc(-c2ccc3c(c2)C=C(C(=O)OC)CCN3C(=O)CCl)cc1. The number of methoxy groups -OCH3 is 1. The van der Waals surface area contributed by atoms with E-state index >= 15 is 0 Å². The Hall–Kier alpha value is -2.83. The zero-order valence-electron chi connectivity index (χ0n) is 19.1. The monoisotopic (exact) mass is 471 g/mol. The van der Waals surface area contributed by atoms with Crippen molar-refractivity contribution < 1.29 is 23.8 Å². The molecule has 2 aromatic rings. The zero-order valence-corrected chi connectivity index (χ0v) is 19.9. The van der Waals surface area contributed by atoms with Crippen LogP contribution in [0.1, 0.15) is 31.7 Å². The number of benzene rings is 2. The van der Waals surface area contributed by atoms with Crippen LogP contribution in [-0.2, 0) is 19.1 Å². The fourth-order valence-corrected chi connectivity index (χ4v) is 3.79. The van der Waals surface area contributed by atoms with Crippen molar-refractivity contribution in [3.8, 4) is 16.9 Å². The lowest BCUT2D eigenvalue weighted by atomic mass is 10.00. The molecule has 0 spiro atoms. The van der Waals surface area contributed by atoms with E-state index in [4.69, 9.17) is 25.8 Å². The largest absolute Gasteiger partial charge is 0.491 e. The van der Waals surface area contributed by atoms with Crippen LogP contribution >= 0.6 is 11.6 Å². The summed E-state index contributed by atoms with van der Waals surface area (Å²) in [6.07, 6.45) is 4.37. The van der Waals surface area contributed by atoms with Crippen molar-refractivity contribution in [1.29, 1.82) is 0 Å². The lowest BCUT2D eigenvalue weighted by Gasteiger charge is -2.22. The highest BCUT2D eigenvalue weighted by Crippen LogP contribution is 2.33. The molecule has 0 saturated heterocycles. The molecule has 33 heavy (non-hydrogen) atoms. The van der Waals surface area contributed by atoms with Crippen molar-refractivity contribution in [2.24, 2.45) is 0 Å². The highest BCUT2D eigenvalue weighted by molar-refractivity contribution is 6.29. The average molecular weight is 472 g/mol. The van der Waals surface area contributed by atoms with Crippen molar-refractivity contribution in [3.63, 3.8) is 0 Å². The summed E-state index contributed by atoms with van der Waals surface area (Å²) >= 11 is 5.82. The minimum Gasteiger partial charge on any atom is -0.491 e. The number of unbranched alkanes of at least 4 members (excludes halogenated alkanes) is 1. The summed E-state index contributed by atoms with van der Waals surface area (Å²) in [4.78, 5) is 26.2. The highest BCUT2D eigenvalue weighted by atomic mass is 35.5. The molecule has 1 heterocycles. The zero-order chi connectivity index (χ0) is 23.6. The van der Waals surface area contributed by atoms with Gasteiger partial charge >= 0.3 is 5.97 Å². The van der Waals surface area contributed by atoms with Crippen LogP contribution in [0.3, 0.4) is 0 Å². The molecule has 0 fully saturated rings. The van der Waals surface area contributed by atoms with Crippen molar-refractivity contribution in [3.05, 3.63) is 53.6 Å². The van der Waals surface area contributed by atoms with Gasteiger partial charge in [-0.3, -0.25) is 4.79 Å². The number of alkyl halides is 1. The minimum absolute atomic E-state index is 0.125. The molecular weight excluding hydrogens is 442 g/mol. The molecule has 0 bridgehead atoms. The molecule has 0 radical (unpaired) electrons. The van der Waals surface area contributed by atoms with Gasteiger partial charge in [-0.1, -0.05) is 31.5 Å². The minimum atomic E-state index is -0.397. The quantitative estimate of drug-likeness (QED) is 0.274. The van der Waals surface area contributed by atoms with E-state index in [-0.39, 0.29) is 11.8 Å². The fourth-order valence-electron chi connectivity index (χ4n) is 3.64. The molecule has 0 unspecified atom stereocenters. The summed E-state index contributed by atoms with van der Waals surface area (Å²) in [5.74, 6) is 0.0521. The van der Waals surface area contributed by atoms with Gasteiger partial charge in [0.15, 0.2) is 0 Å². The van der Waals surface area contributed by atoms with Gasteiger partial charge in [-0.15, -0.1) is 11.6 Å². The van der Waals surface area contributed by atoms with E-state index in [1.54, 1.807) is 11.0 Å². The van der Waals surface area contributed by atoms with Gasteiger partial charge in [-0.2, -0.15) is 0 Å². The summed E-state index contributed by atoms with van der Waals surface area (Å²) in [7, 11) is 1.36. The molecule has 0 aromatic heterocycles. The number of ether oxygens (including phenoxy) is 3. The number of hydrogen-bond acceptors (Lipinski definition) is 5. The molecule has 3 rings (SSSR count). The third kappa shape index (κ3) is 6.59. The lowest BCUT2D eigenvalue weighted by Crippen LogP contribution is -2.33. The number of rotatable bonds is 10. The van der Waals surface area contributed by atoms with Crippen LogP contribution in [0.25, 0.3) is 17.2 Å². The molecule has 1 amide bonds. The first kappa shape index (κ1) is 24.8. The summed E-state index contributed by atoms with van der Waals surface area (Å²) in [6.45, 7) is 4.34. The Balaban J connectivity index is 1.78. The number of hydrogen-bond donors (Lipinski definition) is 0. The van der Waals surface area contributed by atoms with Crippen LogP contribution in [0.15, 0.2) is 48.0 Å². The predicted molar refractivity (Wildman–Crippen MR) is 131 cm³/mol. The molecule has 0 aliphatic carbocycles. The second kappa shape index (κ2) is 12.4. The van der Waals surface area contributed by atoms with Crippen LogP contribution in [0, 0.1) is 0 Å². The maximum absolute atomic E-state index is 12.4. The summed E-state index contributed by atoms with van der Waals surface area (Å²) in [5.41, 5.74) is 3.98. The van der Waals surface area contributed by atoms with Crippen LogP contribution in [-0.4, -0.2) is 51.2 Å². The van der Waals surface area contributed by atoms with Crippen molar-refractivity contribution in [1.82, 2.24) is 0 Å². The molecule has 0 saturated carbocycles. The molecule has 2 aromatic carbocycles. The summed E-state index contributed by atoms with van der Waals surface area (Å²) in [6, 6.07) is 13.6. The number of amides is 1. The van der Waals surface area contributed by atoms with Crippen molar-refractivity contribution >= 4 is 35.2 Å². The maximum atomic E-state index is 12.4. The van der Waals surface area contributed by atoms with E-state index in [0.717, 1.165) is 47.6 Å². The Labute approximate surface area is 200 Å². The maximum Gasteiger partial charge on any atom is 0.333 e. The van der Waals surface area contributed by atoms with Crippen LogP contribution in [0.5, 0.6) is 5.75 Å². The molecule has 7 heteroatoms. The number of anilines is 1. The number of carbonyl (C=O) groups is 2. The first-order chi connectivity index (χ1) is 16.1. The third-order valence-electron chi connectivity index (χ3n) is 5.44. The number of fused-ring (bicyclic) bond motifs is 1. The highest BCUT2D eigenvalue weighted by Gasteiger charge is 2.24. The van der Waals surface area contributed by atoms with Gasteiger partial charge in [0, 0.05) is 18.7 Å².